The van der Waals surface area contributed by atoms with E-state index in [4.69, 9.17) is 0 Å². The van der Waals surface area contributed by atoms with Gasteiger partial charge in [0.2, 0.25) is 5.91 Å². The van der Waals surface area contributed by atoms with E-state index in [2.05, 4.69) is 32.5 Å². The lowest BCUT2D eigenvalue weighted by atomic mass is 10.3. The molecule has 1 fully saturated rings. The minimum absolute atomic E-state index is 0.0368. The van der Waals surface area contributed by atoms with E-state index in [1.54, 1.807) is 29.4 Å². The van der Waals surface area contributed by atoms with Crippen LogP contribution in [0.25, 0.3) is 10.2 Å². The third-order valence-electron chi connectivity index (χ3n) is 4.34. The van der Waals surface area contributed by atoms with E-state index < -0.39 is 0 Å². The number of carbonyl (C=O) groups excluding carboxylic acids is 1. The van der Waals surface area contributed by atoms with Crippen molar-refractivity contribution in [2.24, 2.45) is 0 Å². The number of hydrogen-bond acceptors (Lipinski definition) is 7. The Balaban J connectivity index is 1.51. The number of hydrogen-bond donors (Lipinski definition) is 1. The Morgan fingerprint density at radius 3 is 2.93 bits per heavy atom. The quantitative estimate of drug-likeness (QED) is 0.631. The van der Waals surface area contributed by atoms with Crippen LogP contribution in [0, 0.1) is 6.92 Å². The molecule has 1 aliphatic rings. The molecule has 1 N–H and O–H groups in total. The van der Waals surface area contributed by atoms with Crippen molar-refractivity contribution in [2.75, 3.05) is 36.5 Å². The fourth-order valence-electron chi connectivity index (χ4n) is 2.94. The van der Waals surface area contributed by atoms with Gasteiger partial charge in [0, 0.05) is 29.5 Å². The number of thiophene rings is 1. The summed E-state index contributed by atoms with van der Waals surface area (Å²) in [5.41, 5.74) is 3.00. The van der Waals surface area contributed by atoms with Crippen LogP contribution in [0.4, 0.5) is 5.69 Å². The molecule has 3 aromatic rings. The molecule has 0 aliphatic carbocycles. The van der Waals surface area contributed by atoms with Gasteiger partial charge in [-0.2, -0.15) is 11.8 Å². The summed E-state index contributed by atoms with van der Waals surface area (Å²) >= 11 is 5.18. The number of aromatic nitrogens is 2. The summed E-state index contributed by atoms with van der Waals surface area (Å²) in [6.07, 6.45) is 1.61. The number of anilines is 1. The zero-order chi connectivity index (χ0) is 18.6. The minimum atomic E-state index is 0.0368. The number of benzene rings is 1. The number of aryl methyl sites for hydroxylation is 1. The van der Waals surface area contributed by atoms with Crippen molar-refractivity contribution >= 4 is 56.7 Å². The normalized spacial score (nSPS) is 15.1. The van der Waals surface area contributed by atoms with Gasteiger partial charge in [-0.3, -0.25) is 9.69 Å². The number of rotatable bonds is 5. The lowest BCUT2D eigenvalue weighted by Crippen LogP contribution is -2.38. The van der Waals surface area contributed by atoms with Crippen molar-refractivity contribution in [1.82, 2.24) is 14.9 Å². The Bertz CT molecular complexity index is 953. The van der Waals surface area contributed by atoms with Crippen molar-refractivity contribution in [1.29, 1.82) is 0 Å². The zero-order valence-electron chi connectivity index (χ0n) is 15.0. The van der Waals surface area contributed by atoms with Crippen LogP contribution in [0.1, 0.15) is 5.56 Å². The molecule has 0 radical (unpaired) electrons. The summed E-state index contributed by atoms with van der Waals surface area (Å²) in [5.74, 6) is 2.24. The van der Waals surface area contributed by atoms with Crippen LogP contribution in [-0.4, -0.2) is 51.9 Å². The molecular weight excluding hydrogens is 396 g/mol. The Morgan fingerprint density at radius 1 is 1.26 bits per heavy atom. The zero-order valence-corrected chi connectivity index (χ0v) is 17.4. The maximum Gasteiger partial charge on any atom is 0.238 e. The van der Waals surface area contributed by atoms with Gasteiger partial charge in [0.15, 0.2) is 0 Å². The highest BCUT2D eigenvalue weighted by Crippen LogP contribution is 2.38. The molecule has 2 aromatic heterocycles. The summed E-state index contributed by atoms with van der Waals surface area (Å²) in [5, 5.41) is 6.11. The molecule has 140 valence electrons. The number of carbonyl (C=O) groups is 1. The Kier molecular flexibility index (Phi) is 5.97. The Hall–Kier alpha value is -1.61. The molecular formula is C19H20N4OS3. The SMILES string of the molecule is Cc1csc2c(Sc3ccccc3NC(=O)CN3CCSCC3)ncnc12. The van der Waals surface area contributed by atoms with Crippen LogP contribution in [0.15, 0.2) is 45.9 Å². The van der Waals surface area contributed by atoms with Crippen molar-refractivity contribution in [3.63, 3.8) is 0 Å². The van der Waals surface area contributed by atoms with Crippen LogP contribution in [0.3, 0.4) is 0 Å². The highest BCUT2D eigenvalue weighted by molar-refractivity contribution is 7.99. The van der Waals surface area contributed by atoms with Gasteiger partial charge in [-0.15, -0.1) is 11.3 Å². The monoisotopic (exact) mass is 416 g/mol. The molecule has 5 nitrogen and oxygen atoms in total. The van der Waals surface area contributed by atoms with E-state index in [0.717, 1.165) is 50.4 Å². The van der Waals surface area contributed by atoms with E-state index >= 15 is 0 Å². The average Bonchev–Trinajstić information content (AvgIpc) is 3.06. The maximum atomic E-state index is 12.5. The molecule has 1 amide bonds. The first kappa shape index (κ1) is 18.7. The molecule has 0 saturated carbocycles. The van der Waals surface area contributed by atoms with Crippen LogP contribution >= 0.6 is 34.9 Å². The first-order valence-electron chi connectivity index (χ1n) is 8.76. The Morgan fingerprint density at radius 2 is 2.07 bits per heavy atom. The predicted octanol–water partition coefficient (Wildman–Crippen LogP) is 4.14. The summed E-state index contributed by atoms with van der Waals surface area (Å²) in [6, 6.07) is 7.90. The number of para-hydroxylation sites is 1. The molecule has 0 atom stereocenters. The first-order valence-corrected chi connectivity index (χ1v) is 11.6. The smallest absolute Gasteiger partial charge is 0.238 e. The highest BCUT2D eigenvalue weighted by atomic mass is 32.2. The van der Waals surface area contributed by atoms with Gasteiger partial charge in [-0.25, -0.2) is 9.97 Å². The van der Waals surface area contributed by atoms with E-state index in [-0.39, 0.29) is 5.91 Å². The van der Waals surface area contributed by atoms with Crippen molar-refractivity contribution in [2.45, 2.75) is 16.8 Å². The lowest BCUT2D eigenvalue weighted by molar-refractivity contribution is -0.117. The molecule has 1 aliphatic heterocycles. The molecule has 1 aromatic carbocycles. The molecule has 4 rings (SSSR count). The summed E-state index contributed by atoms with van der Waals surface area (Å²) in [6.45, 7) is 4.46. The number of thioether (sulfide) groups is 1. The van der Waals surface area contributed by atoms with Crippen molar-refractivity contribution in [3.05, 3.63) is 41.5 Å². The number of nitrogens with zero attached hydrogens (tertiary/aromatic N) is 3. The van der Waals surface area contributed by atoms with E-state index in [9.17, 15) is 4.79 Å². The van der Waals surface area contributed by atoms with Crippen LogP contribution in [0.2, 0.25) is 0 Å². The fraction of sp³-hybridized carbons (Fsp3) is 0.316. The number of fused-ring (bicyclic) bond motifs is 1. The molecule has 1 saturated heterocycles. The van der Waals surface area contributed by atoms with Gasteiger partial charge < -0.3 is 5.32 Å². The van der Waals surface area contributed by atoms with Crippen LogP contribution in [-0.2, 0) is 4.79 Å². The second-order valence-corrected chi connectivity index (χ2v) is 9.45. The van der Waals surface area contributed by atoms with Gasteiger partial charge in [-0.1, -0.05) is 23.9 Å². The Labute approximate surface area is 171 Å². The summed E-state index contributed by atoms with van der Waals surface area (Å²) in [7, 11) is 0. The lowest BCUT2D eigenvalue weighted by Gasteiger charge is -2.25. The fourth-order valence-corrected chi connectivity index (χ4v) is 5.94. The summed E-state index contributed by atoms with van der Waals surface area (Å²) in [4.78, 5) is 24.6. The standard InChI is InChI=1S/C19H20N4OS3/c1-13-11-26-18-17(13)20-12-21-19(18)27-15-5-3-2-4-14(15)22-16(24)10-23-6-8-25-9-7-23/h2-5,11-12H,6-10H2,1H3,(H,22,24). The summed E-state index contributed by atoms with van der Waals surface area (Å²) < 4.78 is 1.09. The second-order valence-electron chi connectivity index (χ2n) is 6.31. The van der Waals surface area contributed by atoms with Gasteiger partial charge in [0.05, 0.1) is 22.4 Å². The van der Waals surface area contributed by atoms with E-state index in [0.29, 0.717) is 6.54 Å². The third-order valence-corrected chi connectivity index (χ3v) is 7.58. The second kappa shape index (κ2) is 8.60. The largest absolute Gasteiger partial charge is 0.324 e. The predicted molar refractivity (Wildman–Crippen MR) is 115 cm³/mol. The molecule has 0 spiro atoms. The number of nitrogens with one attached hydrogen (secondary N) is 1. The maximum absolute atomic E-state index is 12.5. The molecule has 0 bridgehead atoms. The van der Waals surface area contributed by atoms with Gasteiger partial charge >= 0.3 is 0 Å². The van der Waals surface area contributed by atoms with Crippen molar-refractivity contribution < 1.29 is 4.79 Å². The van der Waals surface area contributed by atoms with Crippen LogP contribution < -0.4 is 5.32 Å². The average molecular weight is 417 g/mol. The van der Waals surface area contributed by atoms with Gasteiger partial charge in [-0.05, 0) is 30.0 Å². The minimum Gasteiger partial charge on any atom is -0.324 e. The highest BCUT2D eigenvalue weighted by Gasteiger charge is 2.16. The topological polar surface area (TPSA) is 58.1 Å². The van der Waals surface area contributed by atoms with Gasteiger partial charge in [0.1, 0.15) is 11.4 Å². The van der Waals surface area contributed by atoms with Crippen LogP contribution in [0.5, 0.6) is 0 Å². The third kappa shape index (κ3) is 4.45. The van der Waals surface area contributed by atoms with Gasteiger partial charge in [0.25, 0.3) is 0 Å². The van der Waals surface area contributed by atoms with Crippen molar-refractivity contribution in [3.8, 4) is 0 Å². The molecule has 8 heteroatoms. The molecule has 0 unspecified atom stereocenters. The molecule has 27 heavy (non-hydrogen) atoms. The van der Waals surface area contributed by atoms with E-state index in [1.807, 2.05) is 36.0 Å². The van der Waals surface area contributed by atoms with E-state index in [1.165, 1.54) is 5.56 Å². The first-order chi connectivity index (χ1) is 13.2. The molecule has 3 heterocycles. The number of amides is 1.